The molecule has 0 bridgehead atoms. The van der Waals surface area contributed by atoms with Gasteiger partial charge in [0, 0.05) is 12.5 Å². The fourth-order valence-corrected chi connectivity index (χ4v) is 2.96. The third-order valence-corrected chi connectivity index (χ3v) is 4.04. The van der Waals surface area contributed by atoms with Crippen molar-refractivity contribution in [1.82, 2.24) is 4.90 Å². The molecule has 2 aliphatic heterocycles. The van der Waals surface area contributed by atoms with Crippen LogP contribution in [0.4, 0.5) is 13.6 Å². The first-order valence-corrected chi connectivity index (χ1v) is 8.61. The number of carbonyl (C=O) groups is 2. The van der Waals surface area contributed by atoms with E-state index in [0.29, 0.717) is 0 Å². The lowest BCUT2D eigenvalue weighted by Gasteiger charge is -2.27. The van der Waals surface area contributed by atoms with Crippen LogP contribution in [0.5, 0.6) is 17.2 Å². The van der Waals surface area contributed by atoms with E-state index in [1.807, 2.05) is 0 Å². The fraction of sp³-hybridized carbons (Fsp3) is 0.556. The van der Waals surface area contributed by atoms with E-state index >= 15 is 0 Å². The van der Waals surface area contributed by atoms with E-state index < -0.39 is 36.1 Å². The molecule has 8 nitrogen and oxygen atoms in total. The summed E-state index contributed by atoms with van der Waals surface area (Å²) in [6.07, 6.45) is -4.80. The van der Waals surface area contributed by atoms with E-state index in [1.54, 1.807) is 20.8 Å². The van der Waals surface area contributed by atoms with Gasteiger partial charge in [-0.2, -0.15) is 0 Å². The molecule has 0 aliphatic carbocycles. The molecule has 3 rings (SSSR count). The minimum Gasteiger partial charge on any atom is -0.488 e. The Bertz CT molecular complexity index is 778. The van der Waals surface area contributed by atoms with Gasteiger partial charge in [0.05, 0.1) is 13.7 Å². The predicted octanol–water partition coefficient (Wildman–Crippen LogP) is 2.94. The number of methoxy groups -OCH3 is 1. The summed E-state index contributed by atoms with van der Waals surface area (Å²) in [4.78, 5) is 25.7. The Hall–Kier alpha value is -2.78. The number of amides is 1. The average Bonchev–Trinajstić information content (AvgIpc) is 3.11. The van der Waals surface area contributed by atoms with Crippen molar-refractivity contribution in [2.45, 2.75) is 51.2 Å². The molecule has 2 atom stereocenters. The van der Waals surface area contributed by atoms with E-state index in [2.05, 4.69) is 9.47 Å². The third kappa shape index (κ3) is 4.37. The van der Waals surface area contributed by atoms with Crippen molar-refractivity contribution >= 4 is 12.1 Å². The molecule has 28 heavy (non-hydrogen) atoms. The first-order valence-electron chi connectivity index (χ1n) is 8.61. The second-order valence-corrected chi connectivity index (χ2v) is 7.42. The van der Waals surface area contributed by atoms with E-state index in [-0.39, 0.29) is 30.2 Å². The monoisotopic (exact) mass is 401 g/mol. The maximum absolute atomic E-state index is 13.1. The van der Waals surface area contributed by atoms with Gasteiger partial charge in [-0.1, -0.05) is 0 Å². The summed E-state index contributed by atoms with van der Waals surface area (Å²) in [5.74, 6) is -0.623. The Kier molecular flexibility index (Phi) is 4.99. The zero-order valence-corrected chi connectivity index (χ0v) is 15.9. The van der Waals surface area contributed by atoms with Crippen molar-refractivity contribution in [3.8, 4) is 17.2 Å². The van der Waals surface area contributed by atoms with Crippen LogP contribution >= 0.6 is 0 Å². The molecule has 0 spiro atoms. The molecule has 1 amide bonds. The molecule has 10 heteroatoms. The number of alkyl halides is 2. The minimum atomic E-state index is -3.72. The van der Waals surface area contributed by atoms with Crippen LogP contribution in [0.2, 0.25) is 0 Å². The number of hydrogen-bond acceptors (Lipinski definition) is 7. The quantitative estimate of drug-likeness (QED) is 0.720. The Morgan fingerprint density at radius 2 is 1.89 bits per heavy atom. The van der Waals surface area contributed by atoms with Crippen LogP contribution in [0.1, 0.15) is 27.2 Å². The molecule has 0 unspecified atom stereocenters. The van der Waals surface area contributed by atoms with E-state index in [9.17, 15) is 18.4 Å². The summed E-state index contributed by atoms with van der Waals surface area (Å²) >= 11 is 0. The van der Waals surface area contributed by atoms with Crippen LogP contribution in [-0.4, -0.2) is 54.7 Å². The molecule has 0 saturated carbocycles. The van der Waals surface area contributed by atoms with E-state index in [1.165, 1.54) is 30.2 Å². The highest BCUT2D eigenvalue weighted by Gasteiger charge is 2.45. The lowest BCUT2D eigenvalue weighted by molar-refractivity contribution is -0.286. The number of likely N-dealkylation sites (tertiary alicyclic amines) is 1. The van der Waals surface area contributed by atoms with Gasteiger partial charge in [-0.05, 0) is 32.9 Å². The van der Waals surface area contributed by atoms with Gasteiger partial charge in [0.25, 0.3) is 0 Å². The summed E-state index contributed by atoms with van der Waals surface area (Å²) in [7, 11) is 1.22. The second kappa shape index (κ2) is 6.99. The highest BCUT2D eigenvalue weighted by Crippen LogP contribution is 2.43. The molecule has 1 fully saturated rings. The molecule has 154 valence electrons. The van der Waals surface area contributed by atoms with Crippen molar-refractivity contribution in [3.05, 3.63) is 18.2 Å². The number of hydrogen-bond donors (Lipinski definition) is 0. The minimum absolute atomic E-state index is 0.0687. The Morgan fingerprint density at radius 1 is 1.21 bits per heavy atom. The first kappa shape index (κ1) is 20.0. The maximum Gasteiger partial charge on any atom is 0.586 e. The Labute approximate surface area is 160 Å². The van der Waals surface area contributed by atoms with Crippen LogP contribution in [0.15, 0.2) is 18.2 Å². The number of carbonyl (C=O) groups excluding carboxylic acids is 2. The zero-order valence-electron chi connectivity index (χ0n) is 15.9. The van der Waals surface area contributed by atoms with Crippen molar-refractivity contribution in [3.63, 3.8) is 0 Å². The topological polar surface area (TPSA) is 83.5 Å². The summed E-state index contributed by atoms with van der Waals surface area (Å²) < 4.78 is 50.9. The number of ether oxygens (including phenoxy) is 5. The van der Waals surface area contributed by atoms with Crippen molar-refractivity contribution < 1.29 is 42.1 Å². The predicted molar refractivity (Wildman–Crippen MR) is 90.4 cm³/mol. The van der Waals surface area contributed by atoms with E-state index in [0.717, 1.165) is 0 Å². The van der Waals surface area contributed by atoms with Crippen molar-refractivity contribution in [2.24, 2.45) is 0 Å². The number of halogens is 2. The highest BCUT2D eigenvalue weighted by molar-refractivity contribution is 5.82. The van der Waals surface area contributed by atoms with Gasteiger partial charge < -0.3 is 23.7 Å². The van der Waals surface area contributed by atoms with E-state index in [4.69, 9.17) is 14.2 Å². The second-order valence-electron chi connectivity index (χ2n) is 7.42. The van der Waals surface area contributed by atoms with Crippen molar-refractivity contribution in [1.29, 1.82) is 0 Å². The standard InChI is InChI=1S/C18H21F2NO7/c1-17(2,3)28-16(23)21-9-11(7-12(21)15(22)24-4)25-10-5-6-13-14(8-10)27-18(19,20)26-13/h5-6,8,11-12H,7,9H2,1-4H3/t11-,12-/m0/s1. The van der Waals surface area contributed by atoms with Gasteiger partial charge in [-0.25, -0.2) is 9.59 Å². The lowest BCUT2D eigenvalue weighted by atomic mass is 10.2. The molecule has 0 N–H and O–H groups in total. The normalized spacial score (nSPS) is 22.7. The summed E-state index contributed by atoms with van der Waals surface area (Å²) in [6, 6.07) is 3.12. The Balaban J connectivity index is 1.72. The molecule has 1 aromatic rings. The largest absolute Gasteiger partial charge is 0.586 e. The highest BCUT2D eigenvalue weighted by atomic mass is 19.3. The van der Waals surface area contributed by atoms with Gasteiger partial charge in [0.15, 0.2) is 11.5 Å². The lowest BCUT2D eigenvalue weighted by Crippen LogP contribution is -2.44. The van der Waals surface area contributed by atoms with Crippen LogP contribution in [0, 0.1) is 0 Å². The molecule has 1 saturated heterocycles. The number of benzene rings is 1. The molecule has 0 radical (unpaired) electrons. The van der Waals surface area contributed by atoms with Crippen LogP contribution in [0.3, 0.4) is 0 Å². The summed E-state index contributed by atoms with van der Waals surface area (Å²) in [5.41, 5.74) is -0.737. The van der Waals surface area contributed by atoms with Gasteiger partial charge in [-0.3, -0.25) is 4.90 Å². The number of nitrogens with zero attached hydrogens (tertiary/aromatic N) is 1. The summed E-state index contributed by atoms with van der Waals surface area (Å²) in [5, 5.41) is 0. The van der Waals surface area contributed by atoms with Gasteiger partial charge in [-0.15, -0.1) is 8.78 Å². The SMILES string of the molecule is COC(=O)[C@@H]1C[C@H](Oc2ccc3c(c2)OC(F)(F)O3)CN1C(=O)OC(C)(C)C. The molecule has 2 heterocycles. The van der Waals surface area contributed by atoms with Crippen molar-refractivity contribution in [2.75, 3.05) is 13.7 Å². The fourth-order valence-electron chi connectivity index (χ4n) is 2.96. The number of esters is 1. The maximum atomic E-state index is 13.1. The van der Waals surface area contributed by atoms with Crippen LogP contribution in [0.25, 0.3) is 0 Å². The third-order valence-electron chi connectivity index (χ3n) is 4.04. The summed E-state index contributed by atoms with van der Waals surface area (Å²) in [6.45, 7) is 5.21. The molecule has 1 aromatic carbocycles. The van der Waals surface area contributed by atoms with Crippen LogP contribution in [-0.2, 0) is 14.3 Å². The first-order chi connectivity index (χ1) is 13.0. The zero-order chi connectivity index (χ0) is 20.7. The van der Waals surface area contributed by atoms with Gasteiger partial charge >= 0.3 is 18.4 Å². The van der Waals surface area contributed by atoms with Gasteiger partial charge in [0.1, 0.15) is 23.5 Å². The van der Waals surface area contributed by atoms with Crippen LogP contribution < -0.4 is 14.2 Å². The number of fused-ring (bicyclic) bond motifs is 1. The number of rotatable bonds is 3. The van der Waals surface area contributed by atoms with Gasteiger partial charge in [0.2, 0.25) is 0 Å². The Morgan fingerprint density at radius 3 is 2.54 bits per heavy atom. The smallest absolute Gasteiger partial charge is 0.488 e. The average molecular weight is 401 g/mol. The molecular weight excluding hydrogens is 380 g/mol. The molecule has 0 aromatic heterocycles. The molecular formula is C18H21F2NO7. The molecule has 2 aliphatic rings.